The lowest BCUT2D eigenvalue weighted by atomic mass is 9.81. The number of carbonyl (C=O) groups excluding carboxylic acids is 1. The van der Waals surface area contributed by atoms with Crippen LogP contribution >= 0.6 is 0 Å². The van der Waals surface area contributed by atoms with Crippen LogP contribution in [0.25, 0.3) is 0 Å². The van der Waals surface area contributed by atoms with E-state index in [1.807, 2.05) is 0 Å². The molecule has 3 heteroatoms. The molecular formula is C15H28N2O. The van der Waals surface area contributed by atoms with Crippen LogP contribution in [0.5, 0.6) is 0 Å². The summed E-state index contributed by atoms with van der Waals surface area (Å²) in [5.74, 6) is 1.72. The average Bonchev–Trinajstić information content (AvgIpc) is 2.82. The summed E-state index contributed by atoms with van der Waals surface area (Å²) >= 11 is 0. The Kier molecular flexibility index (Phi) is 5.33. The molecule has 2 rings (SSSR count). The molecule has 2 N–H and O–H groups in total. The molecule has 2 aliphatic rings. The Hall–Kier alpha value is -0.730. The van der Waals surface area contributed by atoms with Crippen LogP contribution in [0, 0.1) is 11.8 Å². The summed E-state index contributed by atoms with van der Waals surface area (Å²) in [6.45, 7) is 3.20. The van der Waals surface area contributed by atoms with E-state index in [-0.39, 0.29) is 6.03 Å². The van der Waals surface area contributed by atoms with E-state index in [1.165, 1.54) is 38.5 Å². The third-order valence-corrected chi connectivity index (χ3v) is 4.57. The van der Waals surface area contributed by atoms with Crippen molar-refractivity contribution in [2.45, 2.75) is 70.8 Å². The Morgan fingerprint density at radius 1 is 1.11 bits per heavy atom. The number of hydrogen-bond acceptors (Lipinski definition) is 1. The molecule has 2 amide bonds. The molecule has 0 saturated heterocycles. The Morgan fingerprint density at radius 2 is 1.89 bits per heavy atom. The van der Waals surface area contributed by atoms with E-state index in [0.29, 0.717) is 6.04 Å². The van der Waals surface area contributed by atoms with E-state index in [1.54, 1.807) is 0 Å². The van der Waals surface area contributed by atoms with Gasteiger partial charge in [-0.05, 0) is 37.5 Å². The molecule has 0 aromatic carbocycles. The van der Waals surface area contributed by atoms with E-state index < -0.39 is 0 Å². The topological polar surface area (TPSA) is 41.1 Å². The highest BCUT2D eigenvalue weighted by molar-refractivity contribution is 5.74. The molecule has 104 valence electrons. The molecule has 0 bridgehead atoms. The largest absolute Gasteiger partial charge is 0.338 e. The summed E-state index contributed by atoms with van der Waals surface area (Å²) in [6, 6.07) is 0.477. The molecule has 0 aromatic rings. The van der Waals surface area contributed by atoms with Crippen molar-refractivity contribution in [3.8, 4) is 0 Å². The van der Waals surface area contributed by atoms with Crippen molar-refractivity contribution in [3.05, 3.63) is 0 Å². The van der Waals surface area contributed by atoms with Crippen molar-refractivity contribution >= 4 is 6.03 Å². The molecule has 0 aliphatic heterocycles. The molecule has 0 radical (unpaired) electrons. The summed E-state index contributed by atoms with van der Waals surface area (Å²) in [4.78, 5) is 11.7. The Labute approximate surface area is 111 Å². The van der Waals surface area contributed by atoms with Crippen LogP contribution in [0.15, 0.2) is 0 Å². The van der Waals surface area contributed by atoms with Crippen molar-refractivity contribution in [1.82, 2.24) is 10.6 Å². The van der Waals surface area contributed by atoms with Gasteiger partial charge < -0.3 is 10.6 Å². The predicted molar refractivity (Wildman–Crippen MR) is 74.5 cm³/mol. The number of carbonyl (C=O) groups is 1. The molecule has 3 nitrogen and oxygen atoms in total. The minimum atomic E-state index is 0.0470. The lowest BCUT2D eigenvalue weighted by molar-refractivity contribution is 0.232. The van der Waals surface area contributed by atoms with Gasteiger partial charge in [-0.15, -0.1) is 0 Å². The third-order valence-electron chi connectivity index (χ3n) is 4.57. The second kappa shape index (κ2) is 7.01. The fourth-order valence-corrected chi connectivity index (χ4v) is 3.52. The maximum absolute atomic E-state index is 11.7. The van der Waals surface area contributed by atoms with Gasteiger partial charge in [0.1, 0.15) is 0 Å². The van der Waals surface area contributed by atoms with Gasteiger partial charge in [0.25, 0.3) is 0 Å². The van der Waals surface area contributed by atoms with Crippen LogP contribution in [0.4, 0.5) is 4.79 Å². The van der Waals surface area contributed by atoms with Gasteiger partial charge in [-0.3, -0.25) is 0 Å². The summed E-state index contributed by atoms with van der Waals surface area (Å²) in [5, 5.41) is 6.10. The van der Waals surface area contributed by atoms with Gasteiger partial charge in [-0.25, -0.2) is 4.79 Å². The van der Waals surface area contributed by atoms with Gasteiger partial charge >= 0.3 is 6.03 Å². The molecule has 2 atom stereocenters. The second-order valence-corrected chi connectivity index (χ2v) is 6.31. The van der Waals surface area contributed by atoms with Crippen LogP contribution in [0.2, 0.25) is 0 Å². The molecule has 0 heterocycles. The van der Waals surface area contributed by atoms with Crippen LogP contribution in [0.1, 0.15) is 64.7 Å². The fraction of sp³-hybridized carbons (Fsp3) is 0.933. The van der Waals surface area contributed by atoms with Crippen molar-refractivity contribution in [2.24, 2.45) is 11.8 Å². The number of hydrogen-bond donors (Lipinski definition) is 2. The summed E-state index contributed by atoms with van der Waals surface area (Å²) in [6.07, 6.45) is 11.5. The lowest BCUT2D eigenvalue weighted by Gasteiger charge is -2.26. The van der Waals surface area contributed by atoms with Crippen molar-refractivity contribution in [3.63, 3.8) is 0 Å². The fourth-order valence-electron chi connectivity index (χ4n) is 3.52. The molecule has 2 fully saturated rings. The maximum atomic E-state index is 11.7. The van der Waals surface area contributed by atoms with E-state index in [9.17, 15) is 4.79 Å². The number of nitrogens with one attached hydrogen (secondary N) is 2. The zero-order valence-corrected chi connectivity index (χ0v) is 11.7. The molecular weight excluding hydrogens is 224 g/mol. The van der Waals surface area contributed by atoms with Gasteiger partial charge in [-0.2, -0.15) is 0 Å². The van der Waals surface area contributed by atoms with Crippen molar-refractivity contribution in [2.75, 3.05) is 6.54 Å². The molecule has 2 aliphatic carbocycles. The van der Waals surface area contributed by atoms with E-state index in [4.69, 9.17) is 0 Å². The first-order valence-electron chi connectivity index (χ1n) is 7.78. The average molecular weight is 252 g/mol. The number of amides is 2. The highest BCUT2D eigenvalue weighted by atomic mass is 16.2. The van der Waals surface area contributed by atoms with Crippen LogP contribution in [0.3, 0.4) is 0 Å². The van der Waals surface area contributed by atoms with Gasteiger partial charge in [-0.1, -0.05) is 39.0 Å². The van der Waals surface area contributed by atoms with Crippen LogP contribution in [-0.2, 0) is 0 Å². The second-order valence-electron chi connectivity index (χ2n) is 6.31. The Balaban J connectivity index is 1.55. The maximum Gasteiger partial charge on any atom is 0.315 e. The molecule has 2 saturated carbocycles. The lowest BCUT2D eigenvalue weighted by Crippen LogP contribution is -2.41. The van der Waals surface area contributed by atoms with Crippen LogP contribution in [-0.4, -0.2) is 18.6 Å². The van der Waals surface area contributed by atoms with Crippen LogP contribution < -0.4 is 10.6 Å². The van der Waals surface area contributed by atoms with E-state index >= 15 is 0 Å². The summed E-state index contributed by atoms with van der Waals surface area (Å²) in [5.41, 5.74) is 0. The predicted octanol–water partition coefficient (Wildman–Crippen LogP) is 3.44. The first-order chi connectivity index (χ1) is 8.74. The third kappa shape index (κ3) is 4.51. The molecule has 18 heavy (non-hydrogen) atoms. The van der Waals surface area contributed by atoms with Gasteiger partial charge in [0.15, 0.2) is 0 Å². The molecule has 0 aromatic heterocycles. The summed E-state index contributed by atoms with van der Waals surface area (Å²) < 4.78 is 0. The smallest absolute Gasteiger partial charge is 0.315 e. The zero-order valence-electron chi connectivity index (χ0n) is 11.7. The highest BCUT2D eigenvalue weighted by Crippen LogP contribution is 2.30. The normalized spacial score (nSPS) is 29.2. The summed E-state index contributed by atoms with van der Waals surface area (Å²) in [7, 11) is 0. The Bertz CT molecular complexity index is 261. The molecule has 2 unspecified atom stereocenters. The van der Waals surface area contributed by atoms with Crippen molar-refractivity contribution in [1.29, 1.82) is 0 Å². The van der Waals surface area contributed by atoms with Crippen molar-refractivity contribution < 1.29 is 4.79 Å². The number of rotatable bonds is 4. The van der Waals surface area contributed by atoms with E-state index in [0.717, 1.165) is 37.6 Å². The molecule has 0 spiro atoms. The van der Waals surface area contributed by atoms with E-state index in [2.05, 4.69) is 17.6 Å². The highest BCUT2D eigenvalue weighted by Gasteiger charge is 2.19. The standard InChI is InChI=1S/C15H28N2O/c1-12-5-4-6-13(11-12)9-10-16-15(18)17-14-7-2-3-8-14/h12-14H,2-11H2,1H3,(H2,16,17,18). The minimum absolute atomic E-state index is 0.0470. The monoisotopic (exact) mass is 252 g/mol. The Morgan fingerprint density at radius 3 is 2.61 bits per heavy atom. The first kappa shape index (κ1) is 13.7. The van der Waals surface area contributed by atoms with Gasteiger partial charge in [0.05, 0.1) is 0 Å². The van der Waals surface area contributed by atoms with Gasteiger partial charge in [0.2, 0.25) is 0 Å². The quantitative estimate of drug-likeness (QED) is 0.790. The number of urea groups is 1. The first-order valence-corrected chi connectivity index (χ1v) is 7.78. The van der Waals surface area contributed by atoms with Gasteiger partial charge in [0, 0.05) is 12.6 Å². The zero-order chi connectivity index (χ0) is 12.8. The minimum Gasteiger partial charge on any atom is -0.338 e. The SMILES string of the molecule is CC1CCCC(CCNC(=O)NC2CCCC2)C1.